The highest BCUT2D eigenvalue weighted by Gasteiger charge is 2.33. The highest BCUT2D eigenvalue weighted by molar-refractivity contribution is 7.12. The Kier molecular flexibility index (Phi) is 6.45. The first-order chi connectivity index (χ1) is 12.6. The first-order valence-corrected chi connectivity index (χ1v) is 10.7. The molecule has 5 nitrogen and oxygen atoms in total. The lowest BCUT2D eigenvalue weighted by molar-refractivity contribution is -0.126. The third-order valence-electron chi connectivity index (χ3n) is 4.82. The maximum atomic E-state index is 12.9. The molecule has 1 N–H and O–H groups in total. The molecule has 0 unspecified atom stereocenters. The Morgan fingerprint density at radius 3 is 2.81 bits per heavy atom. The van der Waals surface area contributed by atoms with Gasteiger partial charge in [-0.1, -0.05) is 6.07 Å². The normalized spacial score (nSPS) is 18.7. The van der Waals surface area contributed by atoms with Gasteiger partial charge in [0, 0.05) is 13.1 Å². The second-order valence-electron chi connectivity index (χ2n) is 6.77. The van der Waals surface area contributed by atoms with Crippen molar-refractivity contribution in [3.63, 3.8) is 0 Å². The van der Waals surface area contributed by atoms with E-state index >= 15 is 0 Å². The first-order valence-electron chi connectivity index (χ1n) is 8.88. The summed E-state index contributed by atoms with van der Waals surface area (Å²) in [6, 6.07) is 5.56. The Balaban J connectivity index is 1.66. The van der Waals surface area contributed by atoms with E-state index in [2.05, 4.69) is 27.0 Å². The maximum absolute atomic E-state index is 12.9. The van der Waals surface area contributed by atoms with Crippen molar-refractivity contribution >= 4 is 34.5 Å². The predicted octanol–water partition coefficient (Wildman–Crippen LogP) is 3.22. The molecule has 1 saturated heterocycles. The number of nitrogens with one attached hydrogen (secondary N) is 1. The lowest BCUT2D eigenvalue weighted by Crippen LogP contribution is -2.52. The van der Waals surface area contributed by atoms with Crippen molar-refractivity contribution in [2.24, 2.45) is 0 Å². The van der Waals surface area contributed by atoms with Crippen molar-refractivity contribution in [2.45, 2.75) is 31.3 Å². The number of carbonyl (C=O) groups is 2. The van der Waals surface area contributed by atoms with Crippen LogP contribution in [0.4, 0.5) is 0 Å². The van der Waals surface area contributed by atoms with Crippen LogP contribution in [-0.2, 0) is 4.79 Å². The molecule has 26 heavy (non-hydrogen) atoms. The van der Waals surface area contributed by atoms with Crippen LogP contribution in [0, 0.1) is 0 Å². The lowest BCUT2D eigenvalue weighted by atomic mass is 10.0. The van der Waals surface area contributed by atoms with E-state index in [-0.39, 0.29) is 23.9 Å². The highest BCUT2D eigenvalue weighted by atomic mass is 32.1. The molecule has 0 aliphatic carbocycles. The van der Waals surface area contributed by atoms with Crippen molar-refractivity contribution < 1.29 is 9.59 Å². The van der Waals surface area contributed by atoms with E-state index < -0.39 is 0 Å². The number of nitrogens with zero attached hydrogens (tertiary/aromatic N) is 2. The maximum Gasteiger partial charge on any atom is 0.264 e. The summed E-state index contributed by atoms with van der Waals surface area (Å²) in [4.78, 5) is 30.2. The van der Waals surface area contributed by atoms with Crippen molar-refractivity contribution in [1.82, 2.24) is 15.1 Å². The number of hydrogen-bond donors (Lipinski definition) is 1. The molecule has 0 spiro atoms. The number of hydrogen-bond acceptors (Lipinski definition) is 5. The number of carbonyl (C=O) groups excluding carboxylic acids is 2. The van der Waals surface area contributed by atoms with Crippen LogP contribution in [0.2, 0.25) is 0 Å². The molecule has 3 heterocycles. The summed E-state index contributed by atoms with van der Waals surface area (Å²) in [5.41, 5.74) is 1.20. The van der Waals surface area contributed by atoms with Crippen molar-refractivity contribution in [3.05, 3.63) is 44.8 Å². The summed E-state index contributed by atoms with van der Waals surface area (Å²) in [5.74, 6) is -0.0708. The molecule has 0 aromatic carbocycles. The molecule has 0 radical (unpaired) electrons. The fraction of sp³-hybridized carbons (Fsp3) is 0.474. The number of likely N-dealkylation sites (N-methyl/N-ethyl adjacent to an activating group) is 1. The van der Waals surface area contributed by atoms with Gasteiger partial charge in [0.25, 0.3) is 5.91 Å². The minimum absolute atomic E-state index is 0.0261. The van der Waals surface area contributed by atoms with Crippen LogP contribution >= 0.6 is 22.7 Å². The van der Waals surface area contributed by atoms with E-state index in [1.165, 1.54) is 16.9 Å². The average Bonchev–Trinajstić information content (AvgIpc) is 3.35. The van der Waals surface area contributed by atoms with Gasteiger partial charge in [-0.15, -0.1) is 11.3 Å². The van der Waals surface area contributed by atoms with Crippen LogP contribution in [0.15, 0.2) is 34.3 Å². The Hall–Kier alpha value is -1.70. The molecular weight excluding hydrogens is 366 g/mol. The third-order valence-corrected chi connectivity index (χ3v) is 6.38. The van der Waals surface area contributed by atoms with Crippen LogP contribution in [0.3, 0.4) is 0 Å². The van der Waals surface area contributed by atoms with E-state index in [4.69, 9.17) is 0 Å². The highest BCUT2D eigenvalue weighted by Crippen LogP contribution is 2.23. The molecule has 1 aliphatic rings. The van der Waals surface area contributed by atoms with E-state index in [1.807, 2.05) is 31.6 Å². The summed E-state index contributed by atoms with van der Waals surface area (Å²) in [6.45, 7) is 1.19. The second-order valence-corrected chi connectivity index (χ2v) is 8.50. The number of amides is 2. The number of likely N-dealkylation sites (tertiary alicyclic amines) is 1. The molecule has 2 aromatic rings. The van der Waals surface area contributed by atoms with Gasteiger partial charge in [-0.2, -0.15) is 11.3 Å². The van der Waals surface area contributed by atoms with Gasteiger partial charge in [0.05, 0.1) is 10.9 Å². The summed E-state index contributed by atoms with van der Waals surface area (Å²) in [6.07, 6.45) is 2.66. The Labute approximate surface area is 162 Å². The van der Waals surface area contributed by atoms with Gasteiger partial charge in [-0.3, -0.25) is 9.59 Å². The number of rotatable bonds is 6. The minimum Gasteiger partial charge on any atom is -0.352 e. The summed E-state index contributed by atoms with van der Waals surface area (Å²) in [7, 11) is 4.03. The van der Waals surface area contributed by atoms with Crippen molar-refractivity contribution in [2.75, 3.05) is 27.2 Å². The van der Waals surface area contributed by atoms with E-state index in [1.54, 1.807) is 16.2 Å². The summed E-state index contributed by atoms with van der Waals surface area (Å²) < 4.78 is 0. The Morgan fingerprint density at radius 2 is 2.15 bits per heavy atom. The summed E-state index contributed by atoms with van der Waals surface area (Å²) in [5, 5.41) is 9.15. The predicted molar refractivity (Wildman–Crippen MR) is 107 cm³/mol. The fourth-order valence-corrected chi connectivity index (χ4v) is 4.75. The first kappa shape index (κ1) is 19.1. The van der Waals surface area contributed by atoms with Crippen LogP contribution in [0.25, 0.3) is 0 Å². The largest absolute Gasteiger partial charge is 0.352 e. The zero-order valence-electron chi connectivity index (χ0n) is 15.2. The quantitative estimate of drug-likeness (QED) is 0.823. The van der Waals surface area contributed by atoms with Crippen LogP contribution < -0.4 is 5.32 Å². The second kappa shape index (κ2) is 8.79. The smallest absolute Gasteiger partial charge is 0.264 e. The molecular formula is C19H25N3O2S2. The van der Waals surface area contributed by atoms with E-state index in [0.29, 0.717) is 18.0 Å². The van der Waals surface area contributed by atoms with Gasteiger partial charge in [0.1, 0.15) is 6.04 Å². The van der Waals surface area contributed by atoms with E-state index in [0.717, 1.165) is 19.3 Å². The standard InChI is InChI=1S/C19H25N3O2S2/c1-21(2)16(14-8-11-25-13-14)12-20-18(23)15-6-3-4-9-22(15)19(24)17-7-5-10-26-17/h5,7-8,10-11,13,15-16H,3-4,6,9,12H2,1-2H3,(H,20,23)/t15-,16-/m0/s1. The van der Waals surface area contributed by atoms with Gasteiger partial charge >= 0.3 is 0 Å². The Morgan fingerprint density at radius 1 is 1.31 bits per heavy atom. The zero-order valence-corrected chi connectivity index (χ0v) is 16.8. The monoisotopic (exact) mass is 391 g/mol. The number of piperidine rings is 1. The van der Waals surface area contributed by atoms with Gasteiger partial charge in [-0.25, -0.2) is 0 Å². The summed E-state index contributed by atoms with van der Waals surface area (Å²) >= 11 is 3.09. The minimum atomic E-state index is -0.372. The lowest BCUT2D eigenvalue weighted by Gasteiger charge is -2.35. The van der Waals surface area contributed by atoms with Crippen LogP contribution in [-0.4, -0.2) is 54.8 Å². The van der Waals surface area contributed by atoms with Gasteiger partial charge in [-0.05, 0) is 67.2 Å². The molecule has 0 saturated carbocycles. The van der Waals surface area contributed by atoms with Crippen LogP contribution in [0.5, 0.6) is 0 Å². The molecule has 0 bridgehead atoms. The van der Waals surface area contributed by atoms with E-state index in [9.17, 15) is 9.59 Å². The van der Waals surface area contributed by atoms with Gasteiger partial charge in [0.2, 0.25) is 5.91 Å². The zero-order chi connectivity index (χ0) is 18.5. The SMILES string of the molecule is CN(C)[C@@H](CNC(=O)[C@@H]1CCCCN1C(=O)c1cccs1)c1ccsc1. The molecule has 3 rings (SSSR count). The number of thiophene rings is 2. The van der Waals surface area contributed by atoms with Crippen molar-refractivity contribution in [1.29, 1.82) is 0 Å². The molecule has 1 aliphatic heterocycles. The van der Waals surface area contributed by atoms with Crippen molar-refractivity contribution in [3.8, 4) is 0 Å². The molecule has 1 fully saturated rings. The fourth-order valence-electron chi connectivity index (χ4n) is 3.37. The van der Waals surface area contributed by atoms with Gasteiger partial charge < -0.3 is 15.1 Å². The average molecular weight is 392 g/mol. The Bertz CT molecular complexity index is 713. The van der Waals surface area contributed by atoms with Gasteiger partial charge in [0.15, 0.2) is 0 Å². The molecule has 2 atom stereocenters. The topological polar surface area (TPSA) is 52.7 Å². The molecule has 7 heteroatoms. The molecule has 140 valence electrons. The molecule has 2 amide bonds. The molecule has 2 aromatic heterocycles. The van der Waals surface area contributed by atoms with Crippen LogP contribution in [0.1, 0.15) is 40.5 Å². The third kappa shape index (κ3) is 4.34.